The maximum atomic E-state index is 13.2. The zero-order valence-corrected chi connectivity index (χ0v) is 16.1. The summed E-state index contributed by atoms with van der Waals surface area (Å²) in [4.78, 5) is 26.3. The summed E-state index contributed by atoms with van der Waals surface area (Å²) in [6, 6.07) is 8.33. The molecular formula is C20H22N4O2S. The molecule has 1 fully saturated rings. The smallest absolute Gasteiger partial charge is 0.266 e. The molecule has 0 unspecified atom stereocenters. The quantitative estimate of drug-likeness (QED) is 0.740. The number of para-hydroxylation sites is 1. The van der Waals surface area contributed by atoms with Crippen LogP contribution >= 0.6 is 11.3 Å². The molecule has 4 heterocycles. The Bertz CT molecular complexity index is 1000. The van der Waals surface area contributed by atoms with Gasteiger partial charge in [0.15, 0.2) is 5.13 Å². The van der Waals surface area contributed by atoms with Gasteiger partial charge in [0, 0.05) is 54.8 Å². The predicted molar refractivity (Wildman–Crippen MR) is 107 cm³/mol. The third-order valence-electron chi connectivity index (χ3n) is 5.43. The number of nitrogens with one attached hydrogen (secondary N) is 1. The van der Waals surface area contributed by atoms with Crippen LogP contribution in [0.25, 0.3) is 10.9 Å². The van der Waals surface area contributed by atoms with Crippen LogP contribution in [0.2, 0.25) is 0 Å². The first-order valence-corrected chi connectivity index (χ1v) is 10.2. The number of carbonyl (C=O) groups excluding carboxylic acids is 1. The molecule has 140 valence electrons. The van der Waals surface area contributed by atoms with Crippen LogP contribution in [0.1, 0.15) is 26.6 Å². The number of carbonyl (C=O) groups is 1. The molecular weight excluding hydrogens is 360 g/mol. The minimum atomic E-state index is 0.0976. The van der Waals surface area contributed by atoms with E-state index in [2.05, 4.69) is 33.1 Å². The fourth-order valence-electron chi connectivity index (χ4n) is 3.95. The summed E-state index contributed by atoms with van der Waals surface area (Å²) in [6.07, 6.45) is 0.865. The number of nitrogens with zero attached hydrogens (tertiary/aromatic N) is 3. The van der Waals surface area contributed by atoms with Crippen molar-refractivity contribution in [3.05, 3.63) is 46.1 Å². The molecule has 3 aromatic rings. The van der Waals surface area contributed by atoms with E-state index < -0.39 is 0 Å². The van der Waals surface area contributed by atoms with Crippen LogP contribution in [0.15, 0.2) is 24.3 Å². The molecule has 1 amide bonds. The van der Waals surface area contributed by atoms with Gasteiger partial charge in [0.1, 0.15) is 4.88 Å². The average Bonchev–Trinajstić information content (AvgIpc) is 3.28. The number of aryl methyl sites for hydroxylation is 1. The first-order chi connectivity index (χ1) is 13.2. The number of fused-ring (bicyclic) bond motifs is 3. The monoisotopic (exact) mass is 382 g/mol. The van der Waals surface area contributed by atoms with E-state index in [-0.39, 0.29) is 5.91 Å². The Balaban J connectivity index is 1.41. The molecule has 2 aromatic heterocycles. The van der Waals surface area contributed by atoms with Crippen molar-refractivity contribution in [3.63, 3.8) is 0 Å². The Hall–Kier alpha value is -2.38. The number of benzene rings is 1. The highest BCUT2D eigenvalue weighted by molar-refractivity contribution is 7.17. The summed E-state index contributed by atoms with van der Waals surface area (Å²) < 4.78 is 5.42. The van der Waals surface area contributed by atoms with E-state index in [0.717, 1.165) is 60.5 Å². The number of amides is 1. The van der Waals surface area contributed by atoms with Crippen LogP contribution in [0.5, 0.6) is 0 Å². The summed E-state index contributed by atoms with van der Waals surface area (Å²) in [6.45, 7) is 6.45. The van der Waals surface area contributed by atoms with Crippen molar-refractivity contribution in [2.75, 3.05) is 37.7 Å². The van der Waals surface area contributed by atoms with Gasteiger partial charge in [-0.1, -0.05) is 29.5 Å². The van der Waals surface area contributed by atoms with Gasteiger partial charge >= 0.3 is 0 Å². The average molecular weight is 382 g/mol. The van der Waals surface area contributed by atoms with Crippen LogP contribution in [0.3, 0.4) is 0 Å². The van der Waals surface area contributed by atoms with Crippen LogP contribution < -0.4 is 4.90 Å². The third kappa shape index (κ3) is 2.91. The summed E-state index contributed by atoms with van der Waals surface area (Å²) in [5, 5.41) is 2.16. The van der Waals surface area contributed by atoms with Crippen LogP contribution in [0, 0.1) is 6.92 Å². The van der Waals surface area contributed by atoms with Crippen molar-refractivity contribution in [2.24, 2.45) is 0 Å². The zero-order valence-electron chi connectivity index (χ0n) is 15.3. The second kappa shape index (κ2) is 6.65. The van der Waals surface area contributed by atoms with Crippen molar-refractivity contribution < 1.29 is 9.53 Å². The number of rotatable bonds is 2. The van der Waals surface area contributed by atoms with Gasteiger partial charge in [-0.05, 0) is 13.0 Å². The summed E-state index contributed by atoms with van der Waals surface area (Å²) in [5.74, 6) is 0.0976. The SMILES string of the molecule is Cc1nc(N2CCOCC2)sc1C(=O)N1CCc2[nH]c3ccccc3c2C1. The number of hydrogen-bond acceptors (Lipinski definition) is 5. The maximum Gasteiger partial charge on any atom is 0.266 e. The number of morpholine rings is 1. The molecule has 0 radical (unpaired) electrons. The predicted octanol–water partition coefficient (Wildman–Crippen LogP) is 2.97. The van der Waals surface area contributed by atoms with Crippen molar-refractivity contribution >= 4 is 33.3 Å². The first kappa shape index (κ1) is 16.8. The lowest BCUT2D eigenvalue weighted by Crippen LogP contribution is -2.36. The number of hydrogen-bond donors (Lipinski definition) is 1. The highest BCUT2D eigenvalue weighted by atomic mass is 32.1. The van der Waals surface area contributed by atoms with E-state index in [4.69, 9.17) is 4.74 Å². The molecule has 0 spiro atoms. The molecule has 5 rings (SSSR count). The molecule has 0 aliphatic carbocycles. The number of H-pyrrole nitrogens is 1. The normalized spacial score (nSPS) is 17.4. The van der Waals surface area contributed by atoms with Crippen LogP contribution in [0.4, 0.5) is 5.13 Å². The molecule has 6 nitrogen and oxygen atoms in total. The second-order valence-electron chi connectivity index (χ2n) is 7.11. The van der Waals surface area contributed by atoms with Gasteiger partial charge in [-0.3, -0.25) is 4.79 Å². The number of anilines is 1. The number of aromatic amines is 1. The molecule has 1 N–H and O–H groups in total. The summed E-state index contributed by atoms with van der Waals surface area (Å²) in [5.41, 5.74) is 4.49. The highest BCUT2D eigenvalue weighted by Crippen LogP contribution is 2.31. The van der Waals surface area contributed by atoms with E-state index in [0.29, 0.717) is 6.54 Å². The van der Waals surface area contributed by atoms with Crippen molar-refractivity contribution in [2.45, 2.75) is 19.9 Å². The van der Waals surface area contributed by atoms with E-state index in [1.165, 1.54) is 28.0 Å². The lowest BCUT2D eigenvalue weighted by molar-refractivity contribution is 0.0739. The standard InChI is InChI=1S/C20H22N4O2S/c1-13-18(27-20(21-13)23-8-10-26-11-9-23)19(25)24-7-6-17-15(12-24)14-4-2-3-5-16(14)22-17/h2-5,22H,6-12H2,1H3. The molecule has 0 atom stereocenters. The second-order valence-corrected chi connectivity index (χ2v) is 8.09. The fraction of sp³-hybridized carbons (Fsp3) is 0.400. The Kier molecular flexibility index (Phi) is 4.13. The molecule has 1 aromatic carbocycles. The van der Waals surface area contributed by atoms with E-state index in [1.807, 2.05) is 17.9 Å². The van der Waals surface area contributed by atoms with Gasteiger partial charge in [0.05, 0.1) is 18.9 Å². The van der Waals surface area contributed by atoms with E-state index in [9.17, 15) is 4.79 Å². The Labute approximate surface area is 161 Å². The van der Waals surface area contributed by atoms with E-state index >= 15 is 0 Å². The molecule has 0 bridgehead atoms. The Morgan fingerprint density at radius 1 is 1.22 bits per heavy atom. The van der Waals surface area contributed by atoms with Crippen molar-refractivity contribution in [3.8, 4) is 0 Å². The van der Waals surface area contributed by atoms with E-state index in [1.54, 1.807) is 0 Å². The molecule has 2 aliphatic rings. The zero-order chi connectivity index (χ0) is 18.4. The minimum absolute atomic E-state index is 0.0976. The summed E-state index contributed by atoms with van der Waals surface area (Å²) in [7, 11) is 0. The molecule has 2 aliphatic heterocycles. The largest absolute Gasteiger partial charge is 0.378 e. The van der Waals surface area contributed by atoms with Gasteiger partial charge in [-0.25, -0.2) is 4.98 Å². The van der Waals surface area contributed by atoms with Crippen molar-refractivity contribution in [1.29, 1.82) is 0 Å². The van der Waals surface area contributed by atoms with Gasteiger partial charge in [0.2, 0.25) is 0 Å². The number of aromatic nitrogens is 2. The third-order valence-corrected chi connectivity index (χ3v) is 6.64. The summed E-state index contributed by atoms with van der Waals surface area (Å²) >= 11 is 1.52. The topological polar surface area (TPSA) is 61.5 Å². The Morgan fingerprint density at radius 2 is 2.04 bits per heavy atom. The number of ether oxygens (including phenoxy) is 1. The maximum absolute atomic E-state index is 13.2. The molecule has 7 heteroatoms. The lowest BCUT2D eigenvalue weighted by atomic mass is 10.0. The molecule has 27 heavy (non-hydrogen) atoms. The van der Waals surface area contributed by atoms with Crippen LogP contribution in [-0.2, 0) is 17.7 Å². The van der Waals surface area contributed by atoms with Crippen LogP contribution in [-0.4, -0.2) is 53.6 Å². The van der Waals surface area contributed by atoms with Gasteiger partial charge in [-0.2, -0.15) is 0 Å². The first-order valence-electron chi connectivity index (χ1n) is 9.38. The fourth-order valence-corrected chi connectivity index (χ4v) is 5.04. The lowest BCUT2D eigenvalue weighted by Gasteiger charge is -2.27. The molecule has 1 saturated heterocycles. The number of thiazole rings is 1. The van der Waals surface area contributed by atoms with Gasteiger partial charge < -0.3 is 19.5 Å². The van der Waals surface area contributed by atoms with Gasteiger partial charge in [-0.15, -0.1) is 0 Å². The highest BCUT2D eigenvalue weighted by Gasteiger charge is 2.28. The minimum Gasteiger partial charge on any atom is -0.378 e. The van der Waals surface area contributed by atoms with Gasteiger partial charge in [0.25, 0.3) is 5.91 Å². The molecule has 0 saturated carbocycles. The Morgan fingerprint density at radius 3 is 2.89 bits per heavy atom. The van der Waals surface area contributed by atoms with Crippen molar-refractivity contribution in [1.82, 2.24) is 14.9 Å².